The Labute approximate surface area is 159 Å². The molecule has 4 heteroatoms. The maximum atomic E-state index is 12.3. The van der Waals surface area contributed by atoms with Crippen LogP contribution in [0.25, 0.3) is 22.3 Å². The standard InChI is InChI=1S/C23H22O4/c1-26-20-7-3-6-19(15-20)16-9-11-17(12-10-16)21-8-4-5-18(13-14-24)22(21)23(25)27-2/h3-12,15,24H,13-14H2,1-2H3. The van der Waals surface area contributed by atoms with E-state index in [1.165, 1.54) is 7.11 Å². The summed E-state index contributed by atoms with van der Waals surface area (Å²) < 4.78 is 10.3. The zero-order chi connectivity index (χ0) is 19.2. The molecular formula is C23H22O4. The SMILES string of the molecule is COC(=O)c1c(CCO)cccc1-c1ccc(-c2cccc(OC)c2)cc1. The van der Waals surface area contributed by atoms with Gasteiger partial charge >= 0.3 is 5.97 Å². The van der Waals surface area contributed by atoms with Gasteiger partial charge in [0.15, 0.2) is 0 Å². The van der Waals surface area contributed by atoms with Gasteiger partial charge in [-0.05, 0) is 46.4 Å². The van der Waals surface area contributed by atoms with Crippen molar-refractivity contribution >= 4 is 5.97 Å². The highest BCUT2D eigenvalue weighted by molar-refractivity contribution is 5.99. The fourth-order valence-electron chi connectivity index (χ4n) is 3.16. The number of methoxy groups -OCH3 is 2. The molecule has 0 aromatic heterocycles. The molecule has 0 amide bonds. The molecule has 3 aromatic carbocycles. The Kier molecular flexibility index (Phi) is 5.89. The molecule has 0 spiro atoms. The summed E-state index contributed by atoms with van der Waals surface area (Å²) in [5, 5.41) is 9.30. The monoisotopic (exact) mass is 362 g/mol. The Morgan fingerprint density at radius 1 is 0.889 bits per heavy atom. The number of hydrogen-bond donors (Lipinski definition) is 1. The molecule has 0 fully saturated rings. The normalized spacial score (nSPS) is 10.5. The van der Waals surface area contributed by atoms with Crippen LogP contribution in [0.15, 0.2) is 66.7 Å². The predicted molar refractivity (Wildman–Crippen MR) is 106 cm³/mol. The molecule has 3 rings (SSSR count). The lowest BCUT2D eigenvalue weighted by Crippen LogP contribution is -2.09. The Balaban J connectivity index is 2.02. The quantitative estimate of drug-likeness (QED) is 0.663. The van der Waals surface area contributed by atoms with Crippen molar-refractivity contribution in [3.8, 4) is 28.0 Å². The van der Waals surface area contributed by atoms with Crippen LogP contribution in [0.3, 0.4) is 0 Å². The molecule has 0 aliphatic carbocycles. The van der Waals surface area contributed by atoms with Crippen LogP contribution in [0.1, 0.15) is 15.9 Å². The minimum absolute atomic E-state index is 0.0256. The van der Waals surface area contributed by atoms with Crippen LogP contribution in [-0.4, -0.2) is 31.9 Å². The van der Waals surface area contributed by atoms with Gasteiger partial charge in [0, 0.05) is 6.61 Å². The summed E-state index contributed by atoms with van der Waals surface area (Å²) in [6.45, 7) is -0.0256. The van der Waals surface area contributed by atoms with Crippen LogP contribution in [0.4, 0.5) is 0 Å². The van der Waals surface area contributed by atoms with Gasteiger partial charge in [-0.3, -0.25) is 0 Å². The van der Waals surface area contributed by atoms with Crippen LogP contribution in [0.2, 0.25) is 0 Å². The molecule has 138 valence electrons. The first-order chi connectivity index (χ1) is 13.2. The minimum Gasteiger partial charge on any atom is -0.497 e. The van der Waals surface area contributed by atoms with Gasteiger partial charge in [-0.2, -0.15) is 0 Å². The van der Waals surface area contributed by atoms with Crippen LogP contribution >= 0.6 is 0 Å². The molecule has 1 N–H and O–H groups in total. The van der Waals surface area contributed by atoms with Crippen molar-refractivity contribution in [3.63, 3.8) is 0 Å². The number of rotatable bonds is 6. The Hall–Kier alpha value is -3.11. The van der Waals surface area contributed by atoms with E-state index in [9.17, 15) is 9.90 Å². The van der Waals surface area contributed by atoms with Gasteiger partial charge in [0.25, 0.3) is 0 Å². The van der Waals surface area contributed by atoms with Crippen molar-refractivity contribution in [3.05, 3.63) is 77.9 Å². The lowest BCUT2D eigenvalue weighted by molar-refractivity contribution is 0.0600. The first-order valence-corrected chi connectivity index (χ1v) is 8.74. The minimum atomic E-state index is -0.397. The van der Waals surface area contributed by atoms with Crippen molar-refractivity contribution in [1.82, 2.24) is 0 Å². The van der Waals surface area contributed by atoms with E-state index in [1.807, 2.05) is 66.7 Å². The van der Waals surface area contributed by atoms with Crippen LogP contribution in [0.5, 0.6) is 5.75 Å². The van der Waals surface area contributed by atoms with Crippen LogP contribution in [-0.2, 0) is 11.2 Å². The van der Waals surface area contributed by atoms with E-state index in [-0.39, 0.29) is 6.61 Å². The van der Waals surface area contributed by atoms with Gasteiger partial charge in [-0.25, -0.2) is 4.79 Å². The number of benzene rings is 3. The van der Waals surface area contributed by atoms with E-state index in [0.29, 0.717) is 12.0 Å². The Morgan fingerprint density at radius 2 is 1.59 bits per heavy atom. The number of carbonyl (C=O) groups excluding carboxylic acids is 1. The van der Waals surface area contributed by atoms with Gasteiger partial charge in [0.05, 0.1) is 19.8 Å². The molecule has 27 heavy (non-hydrogen) atoms. The van der Waals surface area contributed by atoms with E-state index in [2.05, 4.69) is 0 Å². The van der Waals surface area contributed by atoms with Crippen LogP contribution < -0.4 is 4.74 Å². The summed E-state index contributed by atoms with van der Waals surface area (Å²) in [5.74, 6) is 0.409. The van der Waals surface area contributed by atoms with E-state index >= 15 is 0 Å². The van der Waals surface area contributed by atoms with Gasteiger partial charge < -0.3 is 14.6 Å². The molecular weight excluding hydrogens is 340 g/mol. The third-order valence-electron chi connectivity index (χ3n) is 4.52. The van der Waals surface area contributed by atoms with Crippen molar-refractivity contribution in [2.75, 3.05) is 20.8 Å². The second-order valence-electron chi connectivity index (χ2n) is 6.11. The van der Waals surface area contributed by atoms with Crippen molar-refractivity contribution in [1.29, 1.82) is 0 Å². The zero-order valence-electron chi connectivity index (χ0n) is 15.4. The molecule has 0 saturated heterocycles. The average molecular weight is 362 g/mol. The summed E-state index contributed by atoms with van der Waals surface area (Å²) in [7, 11) is 3.02. The summed E-state index contributed by atoms with van der Waals surface area (Å²) in [6.07, 6.45) is 0.403. The average Bonchev–Trinajstić information content (AvgIpc) is 2.73. The molecule has 4 nitrogen and oxygen atoms in total. The highest BCUT2D eigenvalue weighted by Crippen LogP contribution is 2.30. The van der Waals surface area contributed by atoms with Crippen LogP contribution in [0, 0.1) is 0 Å². The second-order valence-corrected chi connectivity index (χ2v) is 6.11. The smallest absolute Gasteiger partial charge is 0.338 e. The molecule has 0 aliphatic heterocycles. The highest BCUT2D eigenvalue weighted by atomic mass is 16.5. The third kappa shape index (κ3) is 4.01. The zero-order valence-corrected chi connectivity index (χ0v) is 15.4. The number of aliphatic hydroxyl groups excluding tert-OH is 1. The van der Waals surface area contributed by atoms with E-state index in [1.54, 1.807) is 7.11 Å². The molecule has 0 saturated carbocycles. The molecule has 3 aromatic rings. The van der Waals surface area contributed by atoms with E-state index in [0.717, 1.165) is 33.6 Å². The first kappa shape index (κ1) is 18.7. The Bertz CT molecular complexity index is 929. The van der Waals surface area contributed by atoms with Gasteiger partial charge in [0.2, 0.25) is 0 Å². The number of ether oxygens (including phenoxy) is 2. The molecule has 0 heterocycles. The number of hydrogen-bond acceptors (Lipinski definition) is 4. The largest absolute Gasteiger partial charge is 0.497 e. The number of esters is 1. The summed E-state index contributed by atoms with van der Waals surface area (Å²) in [4.78, 5) is 12.3. The molecule has 0 atom stereocenters. The maximum Gasteiger partial charge on any atom is 0.338 e. The fraction of sp³-hybridized carbons (Fsp3) is 0.174. The predicted octanol–water partition coefficient (Wildman–Crippen LogP) is 4.35. The first-order valence-electron chi connectivity index (χ1n) is 8.74. The van der Waals surface area contributed by atoms with Crippen molar-refractivity contribution < 1.29 is 19.4 Å². The van der Waals surface area contributed by atoms with E-state index < -0.39 is 5.97 Å². The number of carbonyl (C=O) groups is 1. The summed E-state index contributed by atoms with van der Waals surface area (Å²) >= 11 is 0. The summed E-state index contributed by atoms with van der Waals surface area (Å²) in [5.41, 5.74) is 5.11. The van der Waals surface area contributed by atoms with Crippen molar-refractivity contribution in [2.45, 2.75) is 6.42 Å². The second kappa shape index (κ2) is 8.52. The van der Waals surface area contributed by atoms with Gasteiger partial charge in [0.1, 0.15) is 5.75 Å². The molecule has 0 bridgehead atoms. The van der Waals surface area contributed by atoms with Crippen molar-refractivity contribution in [2.24, 2.45) is 0 Å². The Morgan fingerprint density at radius 3 is 2.26 bits per heavy atom. The van der Waals surface area contributed by atoms with E-state index in [4.69, 9.17) is 9.47 Å². The van der Waals surface area contributed by atoms with Gasteiger partial charge in [-0.15, -0.1) is 0 Å². The lowest BCUT2D eigenvalue weighted by Gasteiger charge is -2.13. The molecule has 0 radical (unpaired) electrons. The lowest BCUT2D eigenvalue weighted by atomic mass is 9.93. The molecule has 0 unspecified atom stereocenters. The van der Waals surface area contributed by atoms with Gasteiger partial charge in [-0.1, -0.05) is 54.6 Å². The maximum absolute atomic E-state index is 12.3. The number of aliphatic hydroxyl groups is 1. The summed E-state index contributed by atoms with van der Waals surface area (Å²) in [6, 6.07) is 21.5. The third-order valence-corrected chi connectivity index (χ3v) is 4.52. The topological polar surface area (TPSA) is 55.8 Å². The molecule has 0 aliphatic rings. The fourth-order valence-corrected chi connectivity index (χ4v) is 3.16. The highest BCUT2D eigenvalue weighted by Gasteiger charge is 2.17.